The first-order chi connectivity index (χ1) is 16.4. The van der Waals surface area contributed by atoms with E-state index in [9.17, 15) is 37.4 Å². The minimum Gasteiger partial charge on any atom is -0.475 e. The van der Waals surface area contributed by atoms with E-state index in [1.165, 1.54) is 25.9 Å². The number of nitrogens with one attached hydrogen (secondary N) is 1. The zero-order valence-corrected chi connectivity index (χ0v) is 19.9. The van der Waals surface area contributed by atoms with Gasteiger partial charge in [0.15, 0.2) is 0 Å². The van der Waals surface area contributed by atoms with Gasteiger partial charge in [0.1, 0.15) is 10.6 Å². The van der Waals surface area contributed by atoms with E-state index in [2.05, 4.69) is 31.4 Å². The summed E-state index contributed by atoms with van der Waals surface area (Å²) in [5.41, 5.74) is -2.68. The van der Waals surface area contributed by atoms with E-state index in [1.807, 2.05) is 0 Å². The third kappa shape index (κ3) is 10.0. The first kappa shape index (κ1) is 33.8. The van der Waals surface area contributed by atoms with Crippen molar-refractivity contribution in [2.24, 2.45) is 5.90 Å². The highest BCUT2D eigenvalue weighted by Gasteiger charge is 2.65. The Morgan fingerprint density at radius 1 is 1.17 bits per heavy atom. The monoisotopic (exact) mass is 566 g/mol. The van der Waals surface area contributed by atoms with Crippen molar-refractivity contribution in [1.29, 1.82) is 0 Å². The third-order valence-corrected chi connectivity index (χ3v) is 5.43. The lowest BCUT2D eigenvalue weighted by Gasteiger charge is -2.41. The number of ether oxygens (including phenoxy) is 2. The number of benzene rings is 1. The van der Waals surface area contributed by atoms with Gasteiger partial charge in [0.2, 0.25) is 12.9 Å². The van der Waals surface area contributed by atoms with E-state index in [-0.39, 0.29) is 12.1 Å². The molecule has 1 aromatic rings. The molecule has 0 aliphatic carbocycles. The van der Waals surface area contributed by atoms with Crippen LogP contribution < -0.4 is 21.8 Å². The lowest BCUT2D eigenvalue weighted by atomic mass is 9.99. The number of alkyl halides is 3. The SMILES string of the molecule is C1CCNC1.CO.Cc1cc(S(F)(F)(F)(F)F)cc2c1OC(C(F)(F)F)C(C(=O)OCON)=C2.[NH3+]O. The number of aliphatic hydroxyl groups is 1. The fourth-order valence-electron chi connectivity index (χ4n) is 2.89. The predicted molar refractivity (Wildman–Crippen MR) is 112 cm³/mol. The standard InChI is InChI=1S/C13H11F8NO4S.C4H9N.CH4O.H4NO/c1-6-2-8(27(17,18,19,20)21)3-7-4-9(12(23)24-5-25-22)11(13(14,15)16)26-10(6)7;1-2-4-5-3-1;2*1-2/h2-4,11H,5,22H2,1H3;5H,1-4H2;2*2H,1H3/q;;;+1. The van der Waals surface area contributed by atoms with Crippen LogP contribution >= 0.6 is 10.2 Å². The van der Waals surface area contributed by atoms with Crippen molar-refractivity contribution in [1.82, 2.24) is 5.32 Å². The molecule has 2 aliphatic heterocycles. The van der Waals surface area contributed by atoms with E-state index in [1.54, 1.807) is 0 Å². The molecule has 0 amide bonds. The van der Waals surface area contributed by atoms with E-state index in [0.29, 0.717) is 6.08 Å². The van der Waals surface area contributed by atoms with Gasteiger partial charge in [0.05, 0.1) is 5.57 Å². The van der Waals surface area contributed by atoms with Gasteiger partial charge >= 0.3 is 22.4 Å². The second kappa shape index (κ2) is 12.3. The summed E-state index contributed by atoms with van der Waals surface area (Å²) in [5, 5.41) is 17.0. The van der Waals surface area contributed by atoms with Crippen molar-refractivity contribution in [2.75, 3.05) is 27.0 Å². The normalized spacial score (nSPS) is 18.6. The van der Waals surface area contributed by atoms with Crippen LogP contribution in [0.15, 0.2) is 22.6 Å². The molecule has 3 rings (SSSR count). The Labute approximate surface area is 200 Å². The average molecular weight is 566 g/mol. The number of nitrogens with two attached hydrogens (primary N) is 1. The van der Waals surface area contributed by atoms with Gasteiger partial charge in [-0.1, -0.05) is 19.4 Å². The number of carbonyl (C=O) groups excluding carboxylic acids is 1. The van der Waals surface area contributed by atoms with Crippen molar-refractivity contribution in [3.8, 4) is 5.75 Å². The van der Waals surface area contributed by atoms with E-state index in [0.717, 1.165) is 14.0 Å². The van der Waals surface area contributed by atoms with Gasteiger partial charge < -0.3 is 19.9 Å². The summed E-state index contributed by atoms with van der Waals surface area (Å²) in [6.45, 7) is 2.40. The summed E-state index contributed by atoms with van der Waals surface area (Å²) in [6, 6.07) is -0.115. The van der Waals surface area contributed by atoms with Crippen molar-refractivity contribution in [2.45, 2.75) is 36.9 Å². The molecule has 2 aliphatic rings. The maximum absolute atomic E-state index is 13.2. The molecule has 2 heterocycles. The Bertz CT molecular complexity index is 902. The highest BCUT2D eigenvalue weighted by Crippen LogP contribution is 3.02. The van der Waals surface area contributed by atoms with Gasteiger partial charge in [0, 0.05) is 12.7 Å². The second-order valence-electron chi connectivity index (χ2n) is 6.94. The topological polar surface area (TPSA) is 151 Å². The van der Waals surface area contributed by atoms with Crippen LogP contribution in [-0.4, -0.2) is 55.6 Å². The Balaban J connectivity index is 0.00000117. The first-order valence-electron chi connectivity index (χ1n) is 9.73. The lowest BCUT2D eigenvalue weighted by Crippen LogP contribution is -2.42. The van der Waals surface area contributed by atoms with Crippen LogP contribution in [-0.2, 0) is 14.4 Å². The minimum atomic E-state index is -10.1. The van der Waals surface area contributed by atoms with Crippen LogP contribution in [0.5, 0.6) is 5.75 Å². The number of aryl methyl sites for hydroxylation is 1. The van der Waals surface area contributed by atoms with Crippen LogP contribution in [0.25, 0.3) is 6.08 Å². The van der Waals surface area contributed by atoms with E-state index < -0.39 is 62.6 Å². The number of hydrogen-bond acceptors (Lipinski definition) is 8. The highest BCUT2D eigenvalue weighted by atomic mass is 32.5. The molecule has 0 radical (unpaired) electrons. The molecule has 1 saturated heterocycles. The molecule has 1 aromatic carbocycles. The molecule has 1 fully saturated rings. The van der Waals surface area contributed by atoms with Gasteiger partial charge in [0.25, 0.3) is 0 Å². The number of halogens is 8. The molecular weight excluding hydrogens is 538 g/mol. The van der Waals surface area contributed by atoms with Crippen molar-refractivity contribution in [3.63, 3.8) is 0 Å². The van der Waals surface area contributed by atoms with Crippen molar-refractivity contribution < 1.29 is 67.9 Å². The molecule has 1 unspecified atom stereocenters. The fourth-order valence-corrected chi connectivity index (χ4v) is 3.64. The molecular formula is C18H28F8N3O6S+. The molecule has 18 heteroatoms. The summed E-state index contributed by atoms with van der Waals surface area (Å²) in [5.74, 6) is 4.43. The Kier molecular flexibility index (Phi) is 11.6. The van der Waals surface area contributed by atoms with Crippen molar-refractivity contribution in [3.05, 3.63) is 28.8 Å². The molecule has 0 saturated carbocycles. The van der Waals surface area contributed by atoms with Crippen LogP contribution in [0.4, 0.5) is 32.6 Å². The molecule has 36 heavy (non-hydrogen) atoms. The third-order valence-electron chi connectivity index (χ3n) is 4.30. The molecule has 0 aromatic heterocycles. The van der Waals surface area contributed by atoms with Crippen LogP contribution in [0, 0.1) is 6.92 Å². The molecule has 1 atom stereocenters. The Hall–Kier alpha value is -2.22. The summed E-state index contributed by atoms with van der Waals surface area (Å²) in [4.78, 5) is 13.3. The minimum absolute atomic E-state index is 0.0206. The number of fused-ring (bicyclic) bond motifs is 1. The number of rotatable bonds is 4. The Morgan fingerprint density at radius 3 is 2.08 bits per heavy atom. The quantitative estimate of drug-likeness (QED) is 0.161. The first-order valence-corrected chi connectivity index (χ1v) is 11.7. The summed E-state index contributed by atoms with van der Waals surface area (Å²) in [7, 11) is -9.13. The zero-order chi connectivity index (χ0) is 28.4. The number of aliphatic hydroxyl groups excluding tert-OH is 1. The lowest BCUT2D eigenvalue weighted by molar-refractivity contribution is -0.670. The van der Waals surface area contributed by atoms with Crippen LogP contribution in [0.2, 0.25) is 0 Å². The summed E-state index contributed by atoms with van der Waals surface area (Å²) >= 11 is 0. The van der Waals surface area contributed by atoms with Crippen LogP contribution in [0.1, 0.15) is 24.0 Å². The van der Waals surface area contributed by atoms with Crippen LogP contribution in [0.3, 0.4) is 0 Å². The number of esters is 1. The van der Waals surface area contributed by atoms with Gasteiger partial charge in [-0.2, -0.15) is 13.2 Å². The highest BCUT2D eigenvalue weighted by molar-refractivity contribution is 8.45. The van der Waals surface area contributed by atoms with E-state index in [4.69, 9.17) is 10.3 Å². The van der Waals surface area contributed by atoms with Gasteiger partial charge in [-0.15, -0.1) is 0 Å². The smallest absolute Gasteiger partial charge is 0.430 e. The number of hydrogen-bond donors (Lipinski definition) is 5. The molecule has 212 valence electrons. The molecule has 0 spiro atoms. The maximum atomic E-state index is 13.2. The molecule has 0 bridgehead atoms. The second-order valence-corrected chi connectivity index (χ2v) is 9.35. The molecule has 8 N–H and O–H groups in total. The van der Waals surface area contributed by atoms with E-state index >= 15 is 0 Å². The number of quaternary nitrogens is 1. The van der Waals surface area contributed by atoms with Gasteiger partial charge in [-0.05, 0) is 56.6 Å². The maximum Gasteiger partial charge on any atom is 0.430 e. The van der Waals surface area contributed by atoms with Gasteiger partial charge in [-0.3, -0.25) is 4.84 Å². The van der Waals surface area contributed by atoms with Crippen molar-refractivity contribution >= 4 is 22.3 Å². The Morgan fingerprint density at radius 2 is 1.69 bits per heavy atom. The fraction of sp³-hybridized carbons (Fsp3) is 0.500. The molecule has 9 nitrogen and oxygen atoms in total. The predicted octanol–water partition coefficient (Wildman–Crippen LogP) is 3.35. The number of carbonyl (C=O) groups is 1. The summed E-state index contributed by atoms with van der Waals surface area (Å²) < 4.78 is 113. The zero-order valence-electron chi connectivity index (χ0n) is 19.1. The van der Waals surface area contributed by atoms with Gasteiger partial charge in [-0.25, -0.2) is 21.8 Å². The largest absolute Gasteiger partial charge is 0.475 e. The summed E-state index contributed by atoms with van der Waals surface area (Å²) in [6.07, 6.45) is -4.92. The average Bonchev–Trinajstić information content (AvgIpc) is 3.37.